The molecule has 1 aliphatic carbocycles. The Morgan fingerprint density at radius 3 is 2.29 bits per heavy atom. The van der Waals surface area contributed by atoms with Gasteiger partial charge in [0.25, 0.3) is 0 Å². The van der Waals surface area contributed by atoms with E-state index in [9.17, 15) is 26.7 Å². The van der Waals surface area contributed by atoms with Crippen molar-refractivity contribution in [2.24, 2.45) is 0 Å². The van der Waals surface area contributed by atoms with Crippen LogP contribution in [0.15, 0.2) is 42.5 Å². The summed E-state index contributed by atoms with van der Waals surface area (Å²) in [5.41, 5.74) is 0.112. The Kier molecular flexibility index (Phi) is 8.69. The highest BCUT2D eigenvalue weighted by Crippen LogP contribution is 2.37. The lowest BCUT2D eigenvalue weighted by Crippen LogP contribution is -2.24. The van der Waals surface area contributed by atoms with Crippen molar-refractivity contribution < 1.29 is 36.2 Å². The van der Waals surface area contributed by atoms with Crippen molar-refractivity contribution in [3.05, 3.63) is 88.2 Å². The SMILES string of the molecule is CCCCOc1ccc(-c2ccc(C(=O)OC3CCC(c4ccc(C)c(F)c4F)CC3)c(F)c2)c(F)c1F. The standard InChI is InChI=1S/C30H29F5O3/c1-3-4-15-37-25-14-13-22(28(34)29(25)35)19-8-12-23(24(31)16-19)30(36)38-20-9-6-18(7-10-20)21-11-5-17(2)26(32)27(21)33/h5,8,11-14,16,18,20H,3-4,6-7,9-10,15H2,1-2H3. The predicted octanol–water partition coefficient (Wildman–Crippen LogP) is 8.42. The highest BCUT2D eigenvalue weighted by atomic mass is 19.2. The van der Waals surface area contributed by atoms with Crippen LogP contribution in [-0.2, 0) is 4.74 Å². The minimum absolute atomic E-state index is 0.0587. The number of unbranched alkanes of at least 4 members (excludes halogenated alkanes) is 1. The molecule has 0 spiro atoms. The van der Waals surface area contributed by atoms with Gasteiger partial charge in [-0.2, -0.15) is 4.39 Å². The Morgan fingerprint density at radius 1 is 0.868 bits per heavy atom. The maximum absolute atomic E-state index is 14.8. The third-order valence-electron chi connectivity index (χ3n) is 7.00. The molecule has 1 saturated carbocycles. The number of halogens is 5. The zero-order chi connectivity index (χ0) is 27.4. The molecule has 0 saturated heterocycles. The van der Waals surface area contributed by atoms with Crippen molar-refractivity contribution in [3.8, 4) is 16.9 Å². The monoisotopic (exact) mass is 532 g/mol. The molecule has 1 aliphatic rings. The smallest absolute Gasteiger partial charge is 0.341 e. The van der Waals surface area contributed by atoms with Crippen LogP contribution in [0.4, 0.5) is 22.0 Å². The summed E-state index contributed by atoms with van der Waals surface area (Å²) in [5, 5.41) is 0. The first-order valence-corrected chi connectivity index (χ1v) is 12.8. The van der Waals surface area contributed by atoms with Crippen molar-refractivity contribution in [2.45, 2.75) is 64.4 Å². The van der Waals surface area contributed by atoms with Crippen LogP contribution < -0.4 is 4.74 Å². The van der Waals surface area contributed by atoms with Crippen molar-refractivity contribution >= 4 is 5.97 Å². The lowest BCUT2D eigenvalue weighted by Gasteiger charge is -2.29. The van der Waals surface area contributed by atoms with E-state index in [0.29, 0.717) is 37.7 Å². The Hall–Kier alpha value is -3.42. The lowest BCUT2D eigenvalue weighted by molar-refractivity contribution is 0.0189. The van der Waals surface area contributed by atoms with Crippen molar-refractivity contribution in [1.29, 1.82) is 0 Å². The minimum Gasteiger partial charge on any atom is -0.490 e. The molecule has 3 aromatic rings. The van der Waals surface area contributed by atoms with Crippen molar-refractivity contribution in [1.82, 2.24) is 0 Å². The van der Waals surface area contributed by atoms with Crippen LogP contribution in [0, 0.1) is 36.0 Å². The summed E-state index contributed by atoms with van der Waals surface area (Å²) in [6.07, 6.45) is 2.85. The van der Waals surface area contributed by atoms with Gasteiger partial charge in [0.05, 0.1) is 12.2 Å². The molecule has 4 rings (SSSR count). The fourth-order valence-corrected chi connectivity index (χ4v) is 4.72. The number of benzene rings is 3. The number of hydrogen-bond donors (Lipinski definition) is 0. The normalized spacial score (nSPS) is 17.3. The van der Waals surface area contributed by atoms with E-state index < -0.39 is 41.2 Å². The third kappa shape index (κ3) is 5.84. The first-order valence-electron chi connectivity index (χ1n) is 12.8. The van der Waals surface area contributed by atoms with Crippen LogP contribution in [0.3, 0.4) is 0 Å². The van der Waals surface area contributed by atoms with Gasteiger partial charge in [0.2, 0.25) is 5.82 Å². The van der Waals surface area contributed by atoms with E-state index in [2.05, 4.69) is 0 Å². The van der Waals surface area contributed by atoms with Crippen molar-refractivity contribution in [3.63, 3.8) is 0 Å². The van der Waals surface area contributed by atoms with Crippen LogP contribution in [0.2, 0.25) is 0 Å². The molecule has 0 heterocycles. The summed E-state index contributed by atoms with van der Waals surface area (Å²) in [6, 6.07) is 9.17. The van der Waals surface area contributed by atoms with Crippen LogP contribution >= 0.6 is 0 Å². The van der Waals surface area contributed by atoms with Crippen molar-refractivity contribution in [2.75, 3.05) is 6.61 Å². The molecule has 38 heavy (non-hydrogen) atoms. The Bertz CT molecular complexity index is 1320. The van der Waals surface area contributed by atoms with Crippen LogP contribution in [0.25, 0.3) is 11.1 Å². The first-order chi connectivity index (χ1) is 18.2. The maximum Gasteiger partial charge on any atom is 0.341 e. The fraction of sp³-hybridized carbons (Fsp3) is 0.367. The largest absolute Gasteiger partial charge is 0.490 e. The molecule has 3 aromatic carbocycles. The number of carbonyl (C=O) groups excluding carboxylic acids is 1. The number of carbonyl (C=O) groups is 1. The second kappa shape index (κ2) is 12.0. The van der Waals surface area contributed by atoms with Gasteiger partial charge in [-0.3, -0.25) is 0 Å². The number of hydrogen-bond acceptors (Lipinski definition) is 3. The van der Waals surface area contributed by atoms with Crippen LogP contribution in [0.1, 0.15) is 72.9 Å². The zero-order valence-corrected chi connectivity index (χ0v) is 21.3. The summed E-state index contributed by atoms with van der Waals surface area (Å²) in [5.74, 6) is -6.25. The van der Waals surface area contributed by atoms with Crippen LogP contribution in [-0.4, -0.2) is 18.7 Å². The average Bonchev–Trinajstić information content (AvgIpc) is 2.90. The molecule has 1 fully saturated rings. The number of rotatable bonds is 8. The van der Waals surface area contributed by atoms with E-state index >= 15 is 0 Å². The van der Waals surface area contributed by atoms with Gasteiger partial charge < -0.3 is 9.47 Å². The van der Waals surface area contributed by atoms with E-state index in [1.807, 2.05) is 6.92 Å². The molecule has 0 unspecified atom stereocenters. The van der Waals surface area contributed by atoms with Gasteiger partial charge in [0.15, 0.2) is 23.2 Å². The van der Waals surface area contributed by atoms with E-state index in [4.69, 9.17) is 9.47 Å². The number of ether oxygens (including phenoxy) is 2. The van der Waals surface area contributed by atoms with Gasteiger partial charge in [0, 0.05) is 5.56 Å². The summed E-state index contributed by atoms with van der Waals surface area (Å²) >= 11 is 0. The van der Waals surface area contributed by atoms with E-state index in [0.717, 1.165) is 12.5 Å². The Balaban J connectivity index is 1.40. The molecule has 8 heteroatoms. The molecule has 0 amide bonds. The molecular weight excluding hydrogens is 503 g/mol. The molecule has 0 bridgehead atoms. The summed E-state index contributed by atoms with van der Waals surface area (Å²) in [6.45, 7) is 3.69. The predicted molar refractivity (Wildman–Crippen MR) is 134 cm³/mol. The fourth-order valence-electron chi connectivity index (χ4n) is 4.72. The van der Waals surface area contributed by atoms with Gasteiger partial charge in [-0.15, -0.1) is 0 Å². The molecule has 0 aromatic heterocycles. The summed E-state index contributed by atoms with van der Waals surface area (Å²) < 4.78 is 83.0. The van der Waals surface area contributed by atoms with Gasteiger partial charge in [-0.25, -0.2) is 22.4 Å². The quantitative estimate of drug-likeness (QED) is 0.166. The van der Waals surface area contributed by atoms with Gasteiger partial charge in [-0.1, -0.05) is 31.5 Å². The maximum atomic E-state index is 14.8. The molecule has 202 valence electrons. The molecule has 0 radical (unpaired) electrons. The lowest BCUT2D eigenvalue weighted by atomic mass is 9.82. The summed E-state index contributed by atoms with van der Waals surface area (Å²) in [4.78, 5) is 12.6. The second-order valence-corrected chi connectivity index (χ2v) is 9.61. The summed E-state index contributed by atoms with van der Waals surface area (Å²) in [7, 11) is 0. The van der Waals surface area contributed by atoms with Gasteiger partial charge >= 0.3 is 5.97 Å². The number of aryl methyl sites for hydroxylation is 1. The Labute approximate surface area is 218 Å². The Morgan fingerprint density at radius 2 is 1.61 bits per heavy atom. The number of esters is 1. The third-order valence-corrected chi connectivity index (χ3v) is 7.00. The minimum atomic E-state index is -1.17. The van der Waals surface area contributed by atoms with E-state index in [1.165, 1.54) is 31.2 Å². The highest BCUT2D eigenvalue weighted by molar-refractivity contribution is 5.90. The molecule has 0 aliphatic heterocycles. The second-order valence-electron chi connectivity index (χ2n) is 9.61. The molecule has 0 atom stereocenters. The first kappa shape index (κ1) is 27.6. The van der Waals surface area contributed by atoms with Crippen LogP contribution in [0.5, 0.6) is 5.75 Å². The van der Waals surface area contributed by atoms with E-state index in [1.54, 1.807) is 12.1 Å². The van der Waals surface area contributed by atoms with Gasteiger partial charge in [-0.05, 0) is 85.9 Å². The molecule has 3 nitrogen and oxygen atoms in total. The molecular formula is C30H29F5O3. The highest BCUT2D eigenvalue weighted by Gasteiger charge is 2.29. The van der Waals surface area contributed by atoms with Gasteiger partial charge in [0.1, 0.15) is 11.9 Å². The topological polar surface area (TPSA) is 35.5 Å². The average molecular weight is 533 g/mol. The zero-order valence-electron chi connectivity index (χ0n) is 21.3. The molecule has 0 N–H and O–H groups in total. The van der Waals surface area contributed by atoms with E-state index in [-0.39, 0.29) is 40.5 Å².